The lowest BCUT2D eigenvalue weighted by molar-refractivity contribution is -0.141. The molecule has 2 aromatic carbocycles. The van der Waals surface area contributed by atoms with Gasteiger partial charge in [-0.2, -0.15) is 0 Å². The lowest BCUT2D eigenvalue weighted by Crippen LogP contribution is -2.51. The van der Waals surface area contributed by atoms with E-state index in [0.717, 1.165) is 42.6 Å². The molecule has 214 valence electrons. The van der Waals surface area contributed by atoms with Gasteiger partial charge in [0, 0.05) is 25.6 Å². The van der Waals surface area contributed by atoms with Gasteiger partial charge in [-0.3, -0.25) is 13.9 Å². The fourth-order valence-electron chi connectivity index (χ4n) is 5.11. The Hall–Kier alpha value is -3.07. The highest BCUT2D eigenvalue weighted by Gasteiger charge is 2.30. The van der Waals surface area contributed by atoms with Crippen molar-refractivity contribution in [2.24, 2.45) is 0 Å². The summed E-state index contributed by atoms with van der Waals surface area (Å²) in [5.41, 5.74) is 2.50. The number of aryl methyl sites for hydroxylation is 1. The molecule has 0 aromatic heterocycles. The van der Waals surface area contributed by atoms with E-state index in [0.29, 0.717) is 18.5 Å². The largest absolute Gasteiger partial charge is 0.497 e. The fourth-order valence-corrected chi connectivity index (χ4v) is 6.07. The minimum atomic E-state index is -3.52. The summed E-state index contributed by atoms with van der Waals surface area (Å²) in [7, 11) is -1.92. The molecule has 2 aromatic rings. The zero-order valence-electron chi connectivity index (χ0n) is 23.7. The highest BCUT2D eigenvalue weighted by Crippen LogP contribution is 2.22. The Balaban J connectivity index is 1.75. The van der Waals surface area contributed by atoms with E-state index in [1.165, 1.54) is 17.0 Å². The standard InChI is InChI=1S/C30H43N3O5S/c1-5-28(30(35)31-25-10-7-6-8-11-25)32(22-24-15-19-27(38-3)20-16-24)29(34)12-9-21-33(39(4,36)37)26-17-13-23(2)14-18-26/h13-20,25,28H,5-12,21-22H2,1-4H3,(H,31,35). The molecule has 39 heavy (non-hydrogen) atoms. The van der Waals surface area contributed by atoms with E-state index in [1.807, 2.05) is 50.2 Å². The van der Waals surface area contributed by atoms with Gasteiger partial charge in [0.1, 0.15) is 11.8 Å². The van der Waals surface area contributed by atoms with Gasteiger partial charge in [-0.05, 0) is 62.4 Å². The zero-order valence-corrected chi connectivity index (χ0v) is 24.5. The van der Waals surface area contributed by atoms with Crippen molar-refractivity contribution in [1.29, 1.82) is 0 Å². The van der Waals surface area contributed by atoms with Gasteiger partial charge >= 0.3 is 0 Å². The molecule has 1 fully saturated rings. The Morgan fingerprint density at radius 3 is 2.23 bits per heavy atom. The SMILES string of the molecule is CCC(C(=O)NC1CCCCC1)N(Cc1ccc(OC)cc1)C(=O)CCCN(c1ccc(C)cc1)S(C)(=O)=O. The third kappa shape index (κ3) is 8.98. The van der Waals surface area contributed by atoms with Crippen molar-refractivity contribution >= 4 is 27.5 Å². The van der Waals surface area contributed by atoms with E-state index in [1.54, 1.807) is 24.1 Å². The average Bonchev–Trinajstić information content (AvgIpc) is 2.92. The molecule has 0 saturated heterocycles. The minimum Gasteiger partial charge on any atom is -0.497 e. The van der Waals surface area contributed by atoms with Crippen LogP contribution in [-0.2, 0) is 26.2 Å². The van der Waals surface area contributed by atoms with Gasteiger partial charge in [0.05, 0.1) is 19.1 Å². The molecule has 1 N–H and O–H groups in total. The molecule has 0 spiro atoms. The molecule has 0 aliphatic heterocycles. The molecular formula is C30H43N3O5S. The molecular weight excluding hydrogens is 514 g/mol. The number of rotatable bonds is 13. The van der Waals surface area contributed by atoms with Gasteiger partial charge < -0.3 is 15.0 Å². The van der Waals surface area contributed by atoms with Crippen molar-refractivity contribution in [1.82, 2.24) is 10.2 Å². The molecule has 1 aliphatic carbocycles. The topological polar surface area (TPSA) is 96.0 Å². The van der Waals surface area contributed by atoms with E-state index in [9.17, 15) is 18.0 Å². The monoisotopic (exact) mass is 557 g/mol. The number of nitrogens with zero attached hydrogens (tertiary/aromatic N) is 2. The number of carbonyl (C=O) groups excluding carboxylic acids is 2. The van der Waals surface area contributed by atoms with Gasteiger partial charge in [-0.15, -0.1) is 0 Å². The van der Waals surface area contributed by atoms with Crippen LogP contribution in [0.25, 0.3) is 0 Å². The quantitative estimate of drug-likeness (QED) is 0.382. The number of benzene rings is 2. The molecule has 3 rings (SSSR count). The van der Waals surface area contributed by atoms with Crippen LogP contribution in [0.5, 0.6) is 5.75 Å². The number of sulfonamides is 1. The van der Waals surface area contributed by atoms with Crippen LogP contribution >= 0.6 is 0 Å². The van der Waals surface area contributed by atoms with Gasteiger partial charge in [0.15, 0.2) is 0 Å². The Bertz CT molecular complexity index is 1180. The number of nitrogens with one attached hydrogen (secondary N) is 1. The van der Waals surface area contributed by atoms with E-state index >= 15 is 0 Å². The van der Waals surface area contributed by atoms with Crippen molar-refractivity contribution in [2.75, 3.05) is 24.2 Å². The van der Waals surface area contributed by atoms with E-state index in [2.05, 4.69) is 5.32 Å². The first kappa shape index (κ1) is 30.5. The number of methoxy groups -OCH3 is 1. The van der Waals surface area contributed by atoms with Crippen molar-refractivity contribution in [3.63, 3.8) is 0 Å². The highest BCUT2D eigenvalue weighted by atomic mass is 32.2. The summed E-state index contributed by atoms with van der Waals surface area (Å²) in [5.74, 6) is 0.424. The van der Waals surface area contributed by atoms with Crippen LogP contribution in [-0.4, -0.2) is 57.1 Å². The van der Waals surface area contributed by atoms with Crippen LogP contribution in [0.1, 0.15) is 69.4 Å². The van der Waals surface area contributed by atoms with Crippen molar-refractivity contribution < 1.29 is 22.7 Å². The smallest absolute Gasteiger partial charge is 0.243 e. The van der Waals surface area contributed by atoms with Gasteiger partial charge in [0.25, 0.3) is 0 Å². The Morgan fingerprint density at radius 1 is 1.03 bits per heavy atom. The van der Waals surface area contributed by atoms with Crippen LogP contribution in [0.2, 0.25) is 0 Å². The van der Waals surface area contributed by atoms with E-state index < -0.39 is 16.1 Å². The van der Waals surface area contributed by atoms with Crippen LogP contribution < -0.4 is 14.4 Å². The highest BCUT2D eigenvalue weighted by molar-refractivity contribution is 7.92. The first-order chi connectivity index (χ1) is 18.6. The fraction of sp³-hybridized carbons (Fsp3) is 0.533. The zero-order chi connectivity index (χ0) is 28.4. The van der Waals surface area contributed by atoms with Crippen molar-refractivity contribution in [3.8, 4) is 5.75 Å². The van der Waals surface area contributed by atoms with Crippen LogP contribution in [0.15, 0.2) is 48.5 Å². The molecule has 9 heteroatoms. The summed E-state index contributed by atoms with van der Waals surface area (Å²) in [6.07, 6.45) is 7.46. The van der Waals surface area contributed by atoms with E-state index in [4.69, 9.17) is 4.74 Å². The van der Waals surface area contributed by atoms with Gasteiger partial charge in [-0.1, -0.05) is 56.0 Å². The van der Waals surface area contributed by atoms with Gasteiger partial charge in [0.2, 0.25) is 21.8 Å². The summed E-state index contributed by atoms with van der Waals surface area (Å²) >= 11 is 0. The number of hydrogen-bond acceptors (Lipinski definition) is 5. The lowest BCUT2D eigenvalue weighted by atomic mass is 9.95. The summed E-state index contributed by atoms with van der Waals surface area (Å²) in [6, 6.07) is 14.3. The molecule has 0 heterocycles. The molecule has 8 nitrogen and oxygen atoms in total. The second kappa shape index (κ2) is 14.4. The predicted octanol–water partition coefficient (Wildman–Crippen LogP) is 4.81. The summed E-state index contributed by atoms with van der Waals surface area (Å²) in [4.78, 5) is 28.7. The van der Waals surface area contributed by atoms with Crippen molar-refractivity contribution in [2.45, 2.75) is 83.8 Å². The number of ether oxygens (including phenoxy) is 1. The number of anilines is 1. The maximum absolute atomic E-state index is 13.6. The number of hydrogen-bond donors (Lipinski definition) is 1. The predicted molar refractivity (Wildman–Crippen MR) is 155 cm³/mol. The minimum absolute atomic E-state index is 0.122. The molecule has 1 unspecified atom stereocenters. The second-order valence-electron chi connectivity index (χ2n) is 10.4. The van der Waals surface area contributed by atoms with Crippen LogP contribution in [0.3, 0.4) is 0 Å². The average molecular weight is 558 g/mol. The molecule has 1 saturated carbocycles. The van der Waals surface area contributed by atoms with Crippen LogP contribution in [0.4, 0.5) is 5.69 Å². The molecule has 1 atom stereocenters. The maximum atomic E-state index is 13.6. The third-order valence-electron chi connectivity index (χ3n) is 7.32. The lowest BCUT2D eigenvalue weighted by Gasteiger charge is -2.33. The first-order valence-corrected chi connectivity index (χ1v) is 15.7. The Morgan fingerprint density at radius 2 is 1.67 bits per heavy atom. The Labute approximate surface area is 233 Å². The van der Waals surface area contributed by atoms with E-state index in [-0.39, 0.29) is 37.4 Å². The van der Waals surface area contributed by atoms with Crippen molar-refractivity contribution in [3.05, 3.63) is 59.7 Å². The third-order valence-corrected chi connectivity index (χ3v) is 8.52. The normalized spacial score (nSPS) is 14.9. The first-order valence-electron chi connectivity index (χ1n) is 13.9. The summed E-state index contributed by atoms with van der Waals surface area (Å²) < 4.78 is 31.6. The summed E-state index contributed by atoms with van der Waals surface area (Å²) in [6.45, 7) is 4.32. The number of amides is 2. The second-order valence-corrected chi connectivity index (χ2v) is 12.3. The Kier molecular flexibility index (Phi) is 11.2. The van der Waals surface area contributed by atoms with Gasteiger partial charge in [-0.25, -0.2) is 8.42 Å². The molecule has 0 bridgehead atoms. The summed E-state index contributed by atoms with van der Waals surface area (Å²) in [5, 5.41) is 3.19. The molecule has 1 aliphatic rings. The molecule has 0 radical (unpaired) electrons. The number of carbonyl (C=O) groups is 2. The maximum Gasteiger partial charge on any atom is 0.243 e. The van der Waals surface area contributed by atoms with Crippen LogP contribution in [0, 0.1) is 6.92 Å². The molecule has 2 amide bonds.